The van der Waals surface area contributed by atoms with E-state index >= 15 is 0 Å². The molecular weight excluding hydrogens is 222 g/mol. The third-order valence-electron chi connectivity index (χ3n) is 4.63. The number of hydrogen-bond donors (Lipinski definition) is 1. The summed E-state index contributed by atoms with van der Waals surface area (Å²) in [4.78, 5) is 5.34. The summed E-state index contributed by atoms with van der Waals surface area (Å²) in [6.45, 7) is 8.69. The summed E-state index contributed by atoms with van der Waals surface area (Å²) in [5.74, 6) is 1.01. The lowest BCUT2D eigenvalue weighted by Crippen LogP contribution is -2.47. The summed E-state index contributed by atoms with van der Waals surface area (Å²) in [6, 6.07) is 0. The van der Waals surface area contributed by atoms with Gasteiger partial charge >= 0.3 is 0 Å². The Hall–Kier alpha value is -0.120. The highest BCUT2D eigenvalue weighted by molar-refractivity contribution is 4.76. The van der Waals surface area contributed by atoms with E-state index in [0.717, 1.165) is 12.5 Å². The van der Waals surface area contributed by atoms with Gasteiger partial charge in [-0.2, -0.15) is 0 Å². The average molecular weight is 253 g/mol. The van der Waals surface area contributed by atoms with Crippen LogP contribution in [-0.2, 0) is 0 Å². The van der Waals surface area contributed by atoms with Crippen LogP contribution < -0.4 is 5.73 Å². The van der Waals surface area contributed by atoms with Gasteiger partial charge in [0.25, 0.3) is 0 Å². The monoisotopic (exact) mass is 253 g/mol. The van der Waals surface area contributed by atoms with Crippen molar-refractivity contribution >= 4 is 0 Å². The smallest absolute Gasteiger partial charge is 0.0110 e. The van der Waals surface area contributed by atoms with Crippen molar-refractivity contribution in [2.24, 2.45) is 11.7 Å². The predicted octanol–water partition coefficient (Wildman–Crippen LogP) is 1.92. The van der Waals surface area contributed by atoms with Gasteiger partial charge in [-0.25, -0.2) is 0 Å². The Morgan fingerprint density at radius 3 is 2.17 bits per heavy atom. The first-order valence-corrected chi connectivity index (χ1v) is 8.03. The Labute approximate surface area is 113 Å². The van der Waals surface area contributed by atoms with Crippen LogP contribution in [0.2, 0.25) is 0 Å². The lowest BCUT2D eigenvalue weighted by atomic mass is 10.1. The van der Waals surface area contributed by atoms with Gasteiger partial charge in [-0.1, -0.05) is 19.3 Å². The zero-order valence-corrected chi connectivity index (χ0v) is 11.9. The zero-order chi connectivity index (χ0) is 12.6. The molecule has 106 valence electrons. The lowest BCUT2D eigenvalue weighted by molar-refractivity contribution is 0.117. The van der Waals surface area contributed by atoms with Crippen LogP contribution >= 0.6 is 0 Å². The van der Waals surface area contributed by atoms with Gasteiger partial charge in [0.15, 0.2) is 0 Å². The summed E-state index contributed by atoms with van der Waals surface area (Å²) in [6.07, 6.45) is 9.76. The van der Waals surface area contributed by atoms with Crippen LogP contribution in [0.25, 0.3) is 0 Å². The Morgan fingerprint density at radius 1 is 0.833 bits per heavy atom. The molecule has 0 radical (unpaired) electrons. The number of rotatable bonds is 7. The van der Waals surface area contributed by atoms with Crippen molar-refractivity contribution in [2.45, 2.75) is 44.9 Å². The zero-order valence-electron chi connectivity index (χ0n) is 11.9. The van der Waals surface area contributed by atoms with E-state index in [0.29, 0.717) is 0 Å². The van der Waals surface area contributed by atoms with Crippen LogP contribution in [0.4, 0.5) is 0 Å². The maximum atomic E-state index is 5.52. The topological polar surface area (TPSA) is 32.5 Å². The molecule has 0 unspecified atom stereocenters. The molecule has 1 aliphatic heterocycles. The third-order valence-corrected chi connectivity index (χ3v) is 4.63. The first kappa shape index (κ1) is 14.3. The van der Waals surface area contributed by atoms with Crippen molar-refractivity contribution in [1.82, 2.24) is 9.80 Å². The van der Waals surface area contributed by atoms with Gasteiger partial charge in [0.1, 0.15) is 0 Å². The van der Waals surface area contributed by atoms with Crippen LogP contribution in [0.15, 0.2) is 0 Å². The fourth-order valence-corrected chi connectivity index (χ4v) is 3.41. The van der Waals surface area contributed by atoms with Crippen LogP contribution in [-0.4, -0.2) is 55.6 Å². The fourth-order valence-electron chi connectivity index (χ4n) is 3.41. The molecule has 1 saturated heterocycles. The van der Waals surface area contributed by atoms with Gasteiger partial charge < -0.3 is 15.5 Å². The number of piperazine rings is 1. The van der Waals surface area contributed by atoms with Gasteiger partial charge in [0.2, 0.25) is 0 Å². The minimum absolute atomic E-state index is 0.856. The maximum absolute atomic E-state index is 5.52. The molecule has 3 heteroatoms. The number of nitrogens with two attached hydrogens (primary N) is 1. The van der Waals surface area contributed by atoms with Crippen molar-refractivity contribution in [3.8, 4) is 0 Å². The van der Waals surface area contributed by atoms with E-state index in [-0.39, 0.29) is 0 Å². The van der Waals surface area contributed by atoms with E-state index in [1.165, 1.54) is 84.2 Å². The number of nitrogens with zero attached hydrogens (tertiary/aromatic N) is 2. The molecule has 2 aliphatic rings. The van der Waals surface area contributed by atoms with Crippen molar-refractivity contribution in [3.05, 3.63) is 0 Å². The minimum Gasteiger partial charge on any atom is -0.330 e. The van der Waals surface area contributed by atoms with E-state index < -0.39 is 0 Å². The Bertz CT molecular complexity index is 206. The molecule has 0 aromatic carbocycles. The standard InChI is InChI=1S/C15H31N3/c16-8-4-1-5-9-17-10-12-18(13-11-17)14-15-6-2-3-7-15/h15H,1-14,16H2. The van der Waals surface area contributed by atoms with E-state index in [2.05, 4.69) is 9.80 Å². The van der Waals surface area contributed by atoms with Gasteiger partial charge in [-0.15, -0.1) is 0 Å². The van der Waals surface area contributed by atoms with E-state index in [1.807, 2.05) is 0 Å². The van der Waals surface area contributed by atoms with Crippen LogP contribution in [0.3, 0.4) is 0 Å². The van der Waals surface area contributed by atoms with Crippen molar-refractivity contribution in [1.29, 1.82) is 0 Å². The highest BCUT2D eigenvalue weighted by atomic mass is 15.3. The molecule has 0 aromatic heterocycles. The molecule has 18 heavy (non-hydrogen) atoms. The molecule has 0 aromatic rings. The Morgan fingerprint density at radius 2 is 1.50 bits per heavy atom. The largest absolute Gasteiger partial charge is 0.330 e. The predicted molar refractivity (Wildman–Crippen MR) is 77.7 cm³/mol. The Kier molecular flexibility index (Phi) is 6.46. The van der Waals surface area contributed by atoms with Gasteiger partial charge in [0.05, 0.1) is 0 Å². The fraction of sp³-hybridized carbons (Fsp3) is 1.00. The molecule has 0 atom stereocenters. The second-order valence-corrected chi connectivity index (χ2v) is 6.14. The third kappa shape index (κ3) is 4.87. The number of hydrogen-bond acceptors (Lipinski definition) is 3. The molecular formula is C15H31N3. The summed E-state index contributed by atoms with van der Waals surface area (Å²) in [5, 5.41) is 0. The van der Waals surface area contributed by atoms with E-state index in [9.17, 15) is 0 Å². The summed E-state index contributed by atoms with van der Waals surface area (Å²) in [5.41, 5.74) is 5.52. The summed E-state index contributed by atoms with van der Waals surface area (Å²) < 4.78 is 0. The van der Waals surface area contributed by atoms with Crippen LogP contribution in [0.1, 0.15) is 44.9 Å². The summed E-state index contributed by atoms with van der Waals surface area (Å²) >= 11 is 0. The SMILES string of the molecule is NCCCCCN1CCN(CC2CCCC2)CC1. The molecule has 1 saturated carbocycles. The molecule has 2 N–H and O–H groups in total. The van der Waals surface area contributed by atoms with Gasteiger partial charge in [-0.3, -0.25) is 0 Å². The molecule has 0 amide bonds. The first-order valence-electron chi connectivity index (χ1n) is 8.03. The quantitative estimate of drug-likeness (QED) is 0.704. The molecule has 1 heterocycles. The highest BCUT2D eigenvalue weighted by Crippen LogP contribution is 2.25. The molecule has 2 fully saturated rings. The minimum atomic E-state index is 0.856. The maximum Gasteiger partial charge on any atom is 0.0110 e. The molecule has 1 aliphatic carbocycles. The molecule has 0 bridgehead atoms. The van der Waals surface area contributed by atoms with Crippen LogP contribution in [0, 0.1) is 5.92 Å². The molecule has 2 rings (SSSR count). The summed E-state index contributed by atoms with van der Waals surface area (Å²) in [7, 11) is 0. The normalized spacial score (nSPS) is 23.8. The van der Waals surface area contributed by atoms with Gasteiger partial charge in [0, 0.05) is 32.7 Å². The van der Waals surface area contributed by atoms with Gasteiger partial charge in [-0.05, 0) is 44.7 Å². The Balaban J connectivity index is 1.53. The van der Waals surface area contributed by atoms with E-state index in [1.54, 1.807) is 0 Å². The van der Waals surface area contributed by atoms with Crippen molar-refractivity contribution < 1.29 is 0 Å². The van der Waals surface area contributed by atoms with Crippen LogP contribution in [0.5, 0.6) is 0 Å². The van der Waals surface area contributed by atoms with E-state index in [4.69, 9.17) is 5.73 Å². The average Bonchev–Trinajstić information content (AvgIpc) is 2.89. The van der Waals surface area contributed by atoms with Crippen molar-refractivity contribution in [3.63, 3.8) is 0 Å². The molecule has 0 spiro atoms. The second kappa shape index (κ2) is 8.13. The molecule has 3 nitrogen and oxygen atoms in total. The van der Waals surface area contributed by atoms with Crippen molar-refractivity contribution in [2.75, 3.05) is 45.8 Å². The highest BCUT2D eigenvalue weighted by Gasteiger charge is 2.21. The first-order chi connectivity index (χ1) is 8.88. The number of unbranched alkanes of at least 4 members (excludes halogenated alkanes) is 2. The lowest BCUT2D eigenvalue weighted by Gasteiger charge is -2.36. The second-order valence-electron chi connectivity index (χ2n) is 6.14.